The van der Waals surface area contributed by atoms with Gasteiger partial charge in [0, 0.05) is 29.9 Å². The first-order valence-corrected chi connectivity index (χ1v) is 11.8. The van der Waals surface area contributed by atoms with Crippen LogP contribution in [0.25, 0.3) is 5.70 Å². The molecule has 0 radical (unpaired) electrons. The van der Waals surface area contributed by atoms with Gasteiger partial charge in [-0.15, -0.1) is 0 Å². The Labute approximate surface area is 208 Å². The topological polar surface area (TPSA) is 117 Å². The maximum Gasteiger partial charge on any atom is 0.422 e. The Balaban J connectivity index is 0.000000201. The Morgan fingerprint density at radius 2 is 1.83 bits per heavy atom. The van der Waals surface area contributed by atoms with Gasteiger partial charge in [-0.2, -0.15) is 13.2 Å². The van der Waals surface area contributed by atoms with E-state index >= 15 is 0 Å². The first-order chi connectivity index (χ1) is 17.2. The number of hydrogen-bond acceptors (Lipinski definition) is 7. The predicted octanol–water partition coefficient (Wildman–Crippen LogP) is 4.16. The third-order valence-corrected chi connectivity index (χ3v) is 6.49. The van der Waals surface area contributed by atoms with Crippen molar-refractivity contribution in [2.75, 3.05) is 27.8 Å². The summed E-state index contributed by atoms with van der Waals surface area (Å²) in [5, 5.41) is 15.5. The quantitative estimate of drug-likeness (QED) is 0.399. The summed E-state index contributed by atoms with van der Waals surface area (Å²) in [7, 11) is 4.02. The van der Waals surface area contributed by atoms with Crippen molar-refractivity contribution in [1.29, 1.82) is 0 Å². The van der Waals surface area contributed by atoms with Gasteiger partial charge in [-0.3, -0.25) is 0 Å². The summed E-state index contributed by atoms with van der Waals surface area (Å²) in [6.07, 6.45) is 5.19. The molecule has 6 N–H and O–H groups in total. The SMILES string of the molecule is CNCC(O)(c1ccc(OC)c(OC)c1)C(F)(F)F.N/C(=C1\NC=Nc2[nH]ccc21)C1CCCCC1. The Bertz CT molecular complexity index is 1080. The molecule has 4 rings (SSSR count). The van der Waals surface area contributed by atoms with Crippen molar-refractivity contribution < 1.29 is 27.8 Å². The lowest BCUT2D eigenvalue weighted by atomic mass is 9.85. The van der Waals surface area contributed by atoms with Crippen molar-refractivity contribution in [3.8, 4) is 11.5 Å². The number of alkyl halides is 3. The van der Waals surface area contributed by atoms with Crippen molar-refractivity contribution in [1.82, 2.24) is 15.6 Å². The van der Waals surface area contributed by atoms with Crippen LogP contribution in [0, 0.1) is 5.92 Å². The van der Waals surface area contributed by atoms with Crippen LogP contribution in [0.1, 0.15) is 43.2 Å². The number of likely N-dealkylation sites (N-methyl/N-ethyl adjacent to an activating group) is 1. The number of aromatic nitrogens is 1. The molecule has 2 aliphatic rings. The van der Waals surface area contributed by atoms with E-state index in [9.17, 15) is 18.3 Å². The number of allylic oxidation sites excluding steroid dienone is 1. The fourth-order valence-corrected chi connectivity index (χ4v) is 4.48. The van der Waals surface area contributed by atoms with Crippen molar-refractivity contribution in [3.05, 3.63) is 47.3 Å². The number of aliphatic hydroxyl groups is 1. The molecule has 198 valence electrons. The molecule has 1 saturated carbocycles. The lowest BCUT2D eigenvalue weighted by Crippen LogP contribution is -2.49. The zero-order chi connectivity index (χ0) is 26.3. The van der Waals surface area contributed by atoms with Gasteiger partial charge in [-0.1, -0.05) is 25.3 Å². The fraction of sp³-hybridized carbons (Fsp3) is 0.480. The van der Waals surface area contributed by atoms with Crippen LogP contribution in [0.2, 0.25) is 0 Å². The number of methoxy groups -OCH3 is 2. The smallest absolute Gasteiger partial charge is 0.422 e. The van der Waals surface area contributed by atoms with Crippen LogP contribution in [0.4, 0.5) is 19.0 Å². The average Bonchev–Trinajstić information content (AvgIpc) is 3.37. The first kappa shape index (κ1) is 27.4. The van der Waals surface area contributed by atoms with Gasteiger partial charge in [0.15, 0.2) is 17.1 Å². The minimum Gasteiger partial charge on any atom is -0.493 e. The highest BCUT2D eigenvalue weighted by atomic mass is 19.4. The van der Waals surface area contributed by atoms with Crippen LogP contribution < -0.4 is 25.8 Å². The van der Waals surface area contributed by atoms with Crippen LogP contribution in [-0.2, 0) is 5.60 Å². The second kappa shape index (κ2) is 11.7. The zero-order valence-electron chi connectivity index (χ0n) is 20.7. The summed E-state index contributed by atoms with van der Waals surface area (Å²) >= 11 is 0. The highest BCUT2D eigenvalue weighted by molar-refractivity contribution is 5.87. The van der Waals surface area contributed by atoms with Crippen LogP contribution in [0.5, 0.6) is 11.5 Å². The molecule has 8 nitrogen and oxygen atoms in total. The Hall–Kier alpha value is -3.18. The number of nitrogens with one attached hydrogen (secondary N) is 3. The van der Waals surface area contributed by atoms with Crippen LogP contribution >= 0.6 is 0 Å². The molecule has 1 fully saturated rings. The lowest BCUT2D eigenvalue weighted by molar-refractivity contribution is -0.264. The standard InChI is InChI=1S/C13H18N4.C12H16F3NO3/c14-11(9-4-2-1-3-5-9)12-10-6-7-15-13(10)17-8-16-12;1-16-7-11(17,12(13,14)15)8-4-5-9(18-2)10(6-8)19-3/h6-9,15H,1-5,14H2,(H,16,17);4-6,16-17H,7H2,1-3H3/b12-11-;. The summed E-state index contributed by atoms with van der Waals surface area (Å²) in [6.45, 7) is -0.661. The number of nitrogens with two attached hydrogens (primary N) is 1. The number of fused-ring (bicyclic) bond motifs is 1. The second-order valence-corrected chi connectivity index (χ2v) is 8.77. The van der Waals surface area contributed by atoms with E-state index in [4.69, 9.17) is 15.2 Å². The number of ether oxygens (including phenoxy) is 2. The minimum absolute atomic E-state index is 0.124. The van der Waals surface area contributed by atoms with Crippen molar-refractivity contribution in [2.24, 2.45) is 16.6 Å². The van der Waals surface area contributed by atoms with Gasteiger partial charge < -0.3 is 35.9 Å². The number of H-pyrrole nitrogens is 1. The molecule has 1 aliphatic heterocycles. The highest BCUT2D eigenvalue weighted by Gasteiger charge is 2.54. The van der Waals surface area contributed by atoms with Crippen LogP contribution in [0.3, 0.4) is 0 Å². The van der Waals surface area contributed by atoms with Gasteiger partial charge >= 0.3 is 6.18 Å². The molecule has 36 heavy (non-hydrogen) atoms. The largest absolute Gasteiger partial charge is 0.493 e. The normalized spacial score (nSPS) is 18.8. The molecule has 11 heteroatoms. The molecule has 2 heterocycles. The summed E-state index contributed by atoms with van der Waals surface area (Å²) in [5.41, 5.74) is 6.18. The first-order valence-electron chi connectivity index (χ1n) is 11.8. The maximum atomic E-state index is 13.0. The number of aromatic amines is 1. The number of nitrogens with zero attached hydrogens (tertiary/aromatic N) is 1. The number of aliphatic imine (C=N–C) groups is 1. The van der Waals surface area contributed by atoms with E-state index in [2.05, 4.69) is 20.6 Å². The number of halogens is 3. The molecule has 0 amide bonds. The molecule has 0 spiro atoms. The minimum atomic E-state index is -4.81. The predicted molar refractivity (Wildman–Crippen MR) is 133 cm³/mol. The van der Waals surface area contributed by atoms with E-state index in [0.717, 1.165) is 34.9 Å². The van der Waals surface area contributed by atoms with Gasteiger partial charge in [-0.05, 0) is 43.7 Å². The molecule has 0 saturated heterocycles. The van der Waals surface area contributed by atoms with E-state index in [-0.39, 0.29) is 11.3 Å². The third-order valence-electron chi connectivity index (χ3n) is 6.49. The maximum absolute atomic E-state index is 13.0. The van der Waals surface area contributed by atoms with Crippen molar-refractivity contribution >= 4 is 17.9 Å². The summed E-state index contributed by atoms with van der Waals surface area (Å²) < 4.78 is 49.0. The lowest BCUT2D eigenvalue weighted by Gasteiger charge is -2.31. The average molecular weight is 510 g/mol. The number of hydrogen-bond donors (Lipinski definition) is 5. The molecule has 1 aliphatic carbocycles. The Kier molecular flexibility index (Phi) is 8.91. The van der Waals surface area contributed by atoms with Gasteiger partial charge in [0.05, 0.1) is 26.3 Å². The second-order valence-electron chi connectivity index (χ2n) is 8.77. The summed E-state index contributed by atoms with van der Waals surface area (Å²) in [6, 6.07) is 5.63. The molecule has 1 unspecified atom stereocenters. The molecule has 1 aromatic carbocycles. The monoisotopic (exact) mass is 509 g/mol. The van der Waals surface area contributed by atoms with Gasteiger partial charge in [0.2, 0.25) is 0 Å². The summed E-state index contributed by atoms with van der Waals surface area (Å²) in [4.78, 5) is 7.37. The fourth-order valence-electron chi connectivity index (χ4n) is 4.48. The van der Waals surface area contributed by atoms with E-state index in [0.29, 0.717) is 11.7 Å². The summed E-state index contributed by atoms with van der Waals surface area (Å²) in [5.74, 6) is 1.84. The molecular weight excluding hydrogens is 475 g/mol. The van der Waals surface area contributed by atoms with Crippen molar-refractivity contribution in [3.63, 3.8) is 0 Å². The molecule has 1 atom stereocenters. The molecule has 2 aromatic rings. The molecule has 0 bridgehead atoms. The van der Waals surface area contributed by atoms with Crippen LogP contribution in [-0.4, -0.2) is 50.4 Å². The van der Waals surface area contributed by atoms with Crippen LogP contribution in [0.15, 0.2) is 41.2 Å². The van der Waals surface area contributed by atoms with E-state index < -0.39 is 18.3 Å². The molecular formula is C25H34F3N5O3. The van der Waals surface area contributed by atoms with E-state index in [1.807, 2.05) is 12.3 Å². The van der Waals surface area contributed by atoms with E-state index in [1.165, 1.54) is 59.4 Å². The van der Waals surface area contributed by atoms with Gasteiger partial charge in [0.25, 0.3) is 0 Å². The molecule has 1 aromatic heterocycles. The number of benzene rings is 1. The van der Waals surface area contributed by atoms with E-state index in [1.54, 1.807) is 6.34 Å². The zero-order valence-corrected chi connectivity index (χ0v) is 20.7. The Morgan fingerprint density at radius 1 is 1.14 bits per heavy atom. The third kappa shape index (κ3) is 5.79. The number of rotatable bonds is 6. The highest BCUT2D eigenvalue weighted by Crippen LogP contribution is 2.41. The Morgan fingerprint density at radius 3 is 2.44 bits per heavy atom. The van der Waals surface area contributed by atoms with Gasteiger partial charge in [0.1, 0.15) is 5.82 Å². The van der Waals surface area contributed by atoms with Crippen molar-refractivity contribution in [2.45, 2.75) is 43.9 Å². The van der Waals surface area contributed by atoms with Gasteiger partial charge in [-0.25, -0.2) is 4.99 Å².